The van der Waals surface area contributed by atoms with Gasteiger partial charge >= 0.3 is 6.03 Å². The molecule has 12 nitrogen and oxygen atoms in total. The molecule has 0 aliphatic carbocycles. The molecular formula is C31H29N9O3. The first-order valence-electron chi connectivity index (χ1n) is 13.9. The smallest absolute Gasteiger partial charge is 0.323 e. The van der Waals surface area contributed by atoms with Crippen molar-refractivity contribution in [2.45, 2.75) is 13.3 Å². The molecule has 4 heterocycles. The lowest BCUT2D eigenvalue weighted by Crippen LogP contribution is -2.37. The van der Waals surface area contributed by atoms with Gasteiger partial charge in [0, 0.05) is 71.9 Å². The third-order valence-electron chi connectivity index (χ3n) is 6.87. The number of urea groups is 1. The predicted molar refractivity (Wildman–Crippen MR) is 165 cm³/mol. The number of fused-ring (bicyclic) bond motifs is 1. The molecule has 5 aromatic rings. The lowest BCUT2D eigenvalue weighted by atomic mass is 10.1. The fourth-order valence-electron chi connectivity index (χ4n) is 4.62. The molecule has 1 saturated heterocycles. The number of benzene rings is 2. The molecule has 3 amide bonds. The van der Waals surface area contributed by atoms with Gasteiger partial charge in [0.15, 0.2) is 11.6 Å². The molecule has 12 heteroatoms. The highest BCUT2D eigenvalue weighted by Gasteiger charge is 2.20. The van der Waals surface area contributed by atoms with Crippen LogP contribution in [0.4, 0.5) is 27.7 Å². The number of carbonyl (C=O) groups excluding carboxylic acids is 2. The van der Waals surface area contributed by atoms with E-state index in [2.05, 4.69) is 30.8 Å². The minimum atomic E-state index is -0.391. The number of rotatable bonds is 7. The number of morpholine rings is 1. The average Bonchev–Trinajstić information content (AvgIpc) is 3.06. The summed E-state index contributed by atoms with van der Waals surface area (Å²) in [5.41, 5.74) is 5.78. The first-order valence-corrected chi connectivity index (χ1v) is 13.9. The molecule has 3 N–H and O–H groups in total. The Hall–Kier alpha value is -5.49. The second kappa shape index (κ2) is 12.6. The van der Waals surface area contributed by atoms with Crippen molar-refractivity contribution in [3.05, 3.63) is 79.5 Å². The number of amides is 3. The van der Waals surface area contributed by atoms with Crippen molar-refractivity contribution in [2.75, 3.05) is 47.2 Å². The number of carbonyl (C=O) groups is 2. The van der Waals surface area contributed by atoms with Gasteiger partial charge in [0.25, 0.3) is 0 Å². The molecule has 0 bridgehead atoms. The Labute approximate surface area is 247 Å². The fourth-order valence-corrected chi connectivity index (χ4v) is 4.62. The molecule has 0 spiro atoms. The van der Waals surface area contributed by atoms with E-state index in [1.807, 2.05) is 18.2 Å². The maximum absolute atomic E-state index is 12.6. The fraction of sp³-hybridized carbons (Fsp3) is 0.194. The number of ether oxygens (including phenoxy) is 1. The van der Waals surface area contributed by atoms with Gasteiger partial charge in [-0.05, 0) is 54.6 Å². The van der Waals surface area contributed by atoms with Crippen LogP contribution in [0, 0.1) is 0 Å². The van der Waals surface area contributed by atoms with Crippen LogP contribution < -0.4 is 20.9 Å². The van der Waals surface area contributed by atoms with Gasteiger partial charge in [-0.25, -0.2) is 24.7 Å². The van der Waals surface area contributed by atoms with E-state index >= 15 is 0 Å². The summed E-state index contributed by atoms with van der Waals surface area (Å²) in [5, 5.41) is 8.41. The monoisotopic (exact) mass is 575 g/mol. The highest BCUT2D eigenvalue weighted by molar-refractivity contribution is 6.00. The molecule has 1 aliphatic heterocycles. The summed E-state index contributed by atoms with van der Waals surface area (Å²) in [6.45, 7) is 4.42. The van der Waals surface area contributed by atoms with Gasteiger partial charge in [-0.2, -0.15) is 0 Å². The molecule has 0 unspecified atom stereocenters. The first-order chi connectivity index (χ1) is 21.1. The van der Waals surface area contributed by atoms with Crippen LogP contribution in [0.25, 0.3) is 33.5 Å². The largest absolute Gasteiger partial charge is 0.378 e. The van der Waals surface area contributed by atoms with Gasteiger partial charge in [0.2, 0.25) is 5.91 Å². The van der Waals surface area contributed by atoms with Crippen LogP contribution in [0.2, 0.25) is 0 Å². The van der Waals surface area contributed by atoms with E-state index in [0.29, 0.717) is 66.6 Å². The van der Waals surface area contributed by atoms with E-state index < -0.39 is 6.03 Å². The van der Waals surface area contributed by atoms with Crippen molar-refractivity contribution in [3.63, 3.8) is 0 Å². The van der Waals surface area contributed by atoms with E-state index in [4.69, 9.17) is 19.7 Å². The van der Waals surface area contributed by atoms with Crippen LogP contribution in [0.3, 0.4) is 0 Å². The van der Waals surface area contributed by atoms with E-state index in [1.165, 1.54) is 6.33 Å². The van der Waals surface area contributed by atoms with Gasteiger partial charge in [-0.1, -0.05) is 6.92 Å². The second-order valence-electron chi connectivity index (χ2n) is 9.82. The van der Waals surface area contributed by atoms with Gasteiger partial charge in [-0.15, -0.1) is 0 Å². The topological polar surface area (TPSA) is 147 Å². The van der Waals surface area contributed by atoms with Crippen LogP contribution in [-0.2, 0) is 9.53 Å². The maximum Gasteiger partial charge on any atom is 0.323 e. The molecule has 3 aromatic heterocycles. The Balaban J connectivity index is 1.22. The molecule has 43 heavy (non-hydrogen) atoms. The highest BCUT2D eigenvalue weighted by atomic mass is 16.5. The Bertz CT molecular complexity index is 1740. The molecule has 0 saturated carbocycles. The summed E-state index contributed by atoms with van der Waals surface area (Å²) < 4.78 is 5.56. The van der Waals surface area contributed by atoms with Crippen molar-refractivity contribution in [2.24, 2.45) is 0 Å². The number of nitrogens with one attached hydrogen (secondary N) is 3. The average molecular weight is 576 g/mol. The molecule has 216 valence electrons. The van der Waals surface area contributed by atoms with Gasteiger partial charge in [-0.3, -0.25) is 9.78 Å². The Morgan fingerprint density at radius 2 is 1.42 bits per heavy atom. The van der Waals surface area contributed by atoms with Crippen molar-refractivity contribution >= 4 is 45.9 Å². The third-order valence-corrected chi connectivity index (χ3v) is 6.87. The summed E-state index contributed by atoms with van der Waals surface area (Å²) in [5.74, 6) is 1.22. The summed E-state index contributed by atoms with van der Waals surface area (Å²) in [6.07, 6.45) is 7.16. The van der Waals surface area contributed by atoms with E-state index in [0.717, 1.165) is 22.5 Å². The van der Waals surface area contributed by atoms with Gasteiger partial charge in [0.05, 0.1) is 18.7 Å². The standard InChI is InChI=1S/C31H29N9O3/c1-2-27(41)35-23-7-9-25(10-8-23)37-31(42)36-24-5-3-20(4-6-24)29-38-26-15-21(22-16-32-19-33-17-22)18-34-28(26)30(39-29)40-11-13-43-14-12-40/h3-10,15-19H,2,11-14H2,1H3,(H,35,41)(H2,36,37,42). The molecule has 0 radical (unpaired) electrons. The summed E-state index contributed by atoms with van der Waals surface area (Å²) in [4.78, 5) is 49.1. The summed E-state index contributed by atoms with van der Waals surface area (Å²) >= 11 is 0. The van der Waals surface area contributed by atoms with Crippen molar-refractivity contribution in [3.8, 4) is 22.5 Å². The number of hydrogen-bond acceptors (Lipinski definition) is 9. The Kier molecular flexibility index (Phi) is 8.09. The Morgan fingerprint density at radius 3 is 2.07 bits per heavy atom. The molecule has 1 fully saturated rings. The van der Waals surface area contributed by atoms with Crippen LogP contribution >= 0.6 is 0 Å². The molecule has 0 atom stereocenters. The molecule has 6 rings (SSSR count). The quantitative estimate of drug-likeness (QED) is 0.244. The van der Waals surface area contributed by atoms with Crippen LogP contribution in [0.15, 0.2) is 79.5 Å². The number of aromatic nitrogens is 5. The van der Waals surface area contributed by atoms with Crippen LogP contribution in [-0.4, -0.2) is 63.2 Å². The number of anilines is 4. The minimum absolute atomic E-state index is 0.0722. The Morgan fingerprint density at radius 1 is 0.791 bits per heavy atom. The number of hydrogen-bond donors (Lipinski definition) is 3. The zero-order valence-electron chi connectivity index (χ0n) is 23.4. The second-order valence-corrected chi connectivity index (χ2v) is 9.82. The van der Waals surface area contributed by atoms with Crippen molar-refractivity contribution in [1.29, 1.82) is 0 Å². The highest BCUT2D eigenvalue weighted by Crippen LogP contribution is 2.30. The van der Waals surface area contributed by atoms with Crippen LogP contribution in [0.5, 0.6) is 0 Å². The van der Waals surface area contributed by atoms with Gasteiger partial charge < -0.3 is 25.6 Å². The predicted octanol–water partition coefficient (Wildman–Crippen LogP) is 4.98. The maximum atomic E-state index is 12.6. The minimum Gasteiger partial charge on any atom is -0.378 e. The number of nitrogens with zero attached hydrogens (tertiary/aromatic N) is 6. The SMILES string of the molecule is CCC(=O)Nc1ccc(NC(=O)Nc2ccc(-c3nc(N4CCOCC4)c4ncc(-c5cncnc5)cc4n3)cc2)cc1. The number of pyridine rings is 1. The third kappa shape index (κ3) is 6.54. The zero-order chi connectivity index (χ0) is 29.6. The first kappa shape index (κ1) is 27.7. The van der Waals surface area contributed by atoms with Crippen LogP contribution in [0.1, 0.15) is 13.3 Å². The van der Waals surface area contributed by atoms with E-state index in [9.17, 15) is 9.59 Å². The summed E-state index contributed by atoms with van der Waals surface area (Å²) in [7, 11) is 0. The van der Waals surface area contributed by atoms with Crippen molar-refractivity contribution < 1.29 is 14.3 Å². The van der Waals surface area contributed by atoms with E-state index in [-0.39, 0.29) is 5.91 Å². The zero-order valence-corrected chi connectivity index (χ0v) is 23.4. The van der Waals surface area contributed by atoms with E-state index in [1.54, 1.807) is 61.9 Å². The summed E-state index contributed by atoms with van der Waals surface area (Å²) in [6, 6.07) is 15.8. The van der Waals surface area contributed by atoms with Gasteiger partial charge in [0.1, 0.15) is 11.8 Å². The molecular weight excluding hydrogens is 546 g/mol. The molecule has 1 aliphatic rings. The molecule has 2 aromatic carbocycles. The normalized spacial score (nSPS) is 13.0. The lowest BCUT2D eigenvalue weighted by Gasteiger charge is -2.28. The van der Waals surface area contributed by atoms with Crippen molar-refractivity contribution in [1.82, 2.24) is 24.9 Å². The lowest BCUT2D eigenvalue weighted by molar-refractivity contribution is -0.115.